The lowest BCUT2D eigenvalue weighted by Gasteiger charge is -2.23. The first-order valence-electron chi connectivity index (χ1n) is 11.5. The molecule has 0 radical (unpaired) electrons. The van der Waals surface area contributed by atoms with Crippen molar-refractivity contribution in [2.24, 2.45) is 0 Å². The van der Waals surface area contributed by atoms with Gasteiger partial charge in [-0.15, -0.1) is 11.3 Å². The highest BCUT2D eigenvalue weighted by molar-refractivity contribution is 7.20. The van der Waals surface area contributed by atoms with Crippen molar-refractivity contribution in [2.45, 2.75) is 67.0 Å². The summed E-state index contributed by atoms with van der Waals surface area (Å²) < 4.78 is 6.73. The molecule has 0 bridgehead atoms. The highest BCUT2D eigenvalue weighted by Crippen LogP contribution is 2.27. The smallest absolute Gasteiger partial charge is 0.333 e. The summed E-state index contributed by atoms with van der Waals surface area (Å²) in [5.41, 5.74) is -0.524. The summed E-state index contributed by atoms with van der Waals surface area (Å²) in [6, 6.07) is 7.88. The number of aldehydes is 1. The summed E-state index contributed by atoms with van der Waals surface area (Å²) in [6.07, 6.45) is 1.18. The summed E-state index contributed by atoms with van der Waals surface area (Å²) in [5.74, 6) is -1.29. The Kier molecular flexibility index (Phi) is 11.3. The Morgan fingerprint density at radius 1 is 1.14 bits per heavy atom. The lowest BCUT2D eigenvalue weighted by Crippen LogP contribution is -2.52. The maximum Gasteiger partial charge on any atom is 0.333 e. The van der Waals surface area contributed by atoms with Gasteiger partial charge >= 0.3 is 11.7 Å². The van der Waals surface area contributed by atoms with E-state index in [0.717, 1.165) is 33.6 Å². The molecular formula is C26H36N2O6S. The third-order valence-electron chi connectivity index (χ3n) is 5.47. The minimum absolute atomic E-state index is 0.218. The number of benzene rings is 1. The molecule has 2 aromatic heterocycles. The van der Waals surface area contributed by atoms with Crippen molar-refractivity contribution in [2.75, 3.05) is 13.7 Å². The van der Waals surface area contributed by atoms with Crippen LogP contribution < -0.4 is 11.2 Å². The van der Waals surface area contributed by atoms with E-state index in [2.05, 4.69) is 4.74 Å². The van der Waals surface area contributed by atoms with Crippen LogP contribution in [0.25, 0.3) is 10.2 Å². The van der Waals surface area contributed by atoms with Crippen molar-refractivity contribution in [3.05, 3.63) is 66.7 Å². The number of ether oxygens (including phenoxy) is 1. The number of aryl methyl sites for hydroxylation is 4. The summed E-state index contributed by atoms with van der Waals surface area (Å²) in [6.45, 7) is 13.3. The molecular weight excluding hydrogens is 468 g/mol. The van der Waals surface area contributed by atoms with E-state index in [-0.39, 0.29) is 11.9 Å². The fourth-order valence-electron chi connectivity index (χ4n) is 3.26. The molecule has 0 aliphatic rings. The molecule has 1 N–H and O–H groups in total. The van der Waals surface area contributed by atoms with Gasteiger partial charge in [0.1, 0.15) is 10.4 Å². The van der Waals surface area contributed by atoms with E-state index in [9.17, 15) is 24.3 Å². The fourth-order valence-corrected chi connectivity index (χ4v) is 4.39. The number of aromatic nitrogens is 2. The zero-order valence-corrected chi connectivity index (χ0v) is 22.6. The first kappa shape index (κ1) is 30.0. The molecule has 0 saturated heterocycles. The third-order valence-corrected chi connectivity index (χ3v) is 6.71. The van der Waals surface area contributed by atoms with Crippen LogP contribution in [0.5, 0.6) is 0 Å². The van der Waals surface area contributed by atoms with E-state index in [0.29, 0.717) is 28.0 Å². The topological polar surface area (TPSA) is 108 Å². The molecule has 192 valence electrons. The predicted molar refractivity (Wildman–Crippen MR) is 141 cm³/mol. The number of carboxylic acid groups (broad SMARTS) is 1. The Morgan fingerprint density at radius 3 is 2.14 bits per heavy atom. The Hall–Kier alpha value is -3.04. The van der Waals surface area contributed by atoms with Gasteiger partial charge in [-0.3, -0.25) is 14.2 Å². The average Bonchev–Trinajstić information content (AvgIpc) is 3.17. The van der Waals surface area contributed by atoms with Crippen molar-refractivity contribution >= 4 is 33.8 Å². The molecule has 8 nitrogen and oxygen atoms in total. The van der Waals surface area contributed by atoms with Crippen LogP contribution in [0.2, 0.25) is 0 Å². The number of hydrogen-bond acceptors (Lipinski definition) is 6. The molecule has 0 aliphatic heterocycles. The highest BCUT2D eigenvalue weighted by atomic mass is 32.1. The Morgan fingerprint density at radius 2 is 1.69 bits per heavy atom. The molecule has 0 saturated carbocycles. The zero-order valence-electron chi connectivity index (χ0n) is 21.8. The number of carbonyl (C=O) groups is 2. The number of aliphatic carboxylic acids is 1. The molecule has 0 unspecified atom stereocenters. The SMILES string of the molecule is CC.CCOC.Cc1ccc(CCn2c(=O)n(C(C)(C)C(=O)O)c(=O)c3c(C)c(C=O)sc32)cc1. The Bertz CT molecular complexity index is 1260. The second-order valence-electron chi connectivity index (χ2n) is 8.14. The highest BCUT2D eigenvalue weighted by Gasteiger charge is 2.35. The van der Waals surface area contributed by atoms with E-state index in [1.54, 1.807) is 14.0 Å². The largest absolute Gasteiger partial charge is 0.480 e. The van der Waals surface area contributed by atoms with Crippen molar-refractivity contribution in [1.29, 1.82) is 0 Å². The van der Waals surface area contributed by atoms with Gasteiger partial charge < -0.3 is 9.84 Å². The van der Waals surface area contributed by atoms with Crippen molar-refractivity contribution in [1.82, 2.24) is 9.13 Å². The minimum Gasteiger partial charge on any atom is -0.480 e. The number of carboxylic acids is 1. The third kappa shape index (κ3) is 6.55. The van der Waals surface area contributed by atoms with Crippen molar-refractivity contribution < 1.29 is 19.4 Å². The van der Waals surface area contributed by atoms with Crippen LogP contribution in [0.4, 0.5) is 0 Å². The maximum atomic E-state index is 13.2. The number of nitrogens with zero attached hydrogens (tertiary/aromatic N) is 2. The summed E-state index contributed by atoms with van der Waals surface area (Å²) in [5, 5.41) is 9.82. The molecule has 3 rings (SSSR count). The van der Waals surface area contributed by atoms with Gasteiger partial charge in [0.25, 0.3) is 5.56 Å². The number of fused-ring (bicyclic) bond motifs is 1. The normalized spacial score (nSPS) is 10.7. The summed E-state index contributed by atoms with van der Waals surface area (Å²) >= 11 is 1.08. The molecule has 0 atom stereocenters. The zero-order chi connectivity index (χ0) is 26.9. The van der Waals surface area contributed by atoms with Gasteiger partial charge in [0.05, 0.1) is 10.3 Å². The van der Waals surface area contributed by atoms with Crippen LogP contribution in [0.1, 0.15) is 61.0 Å². The molecule has 0 aliphatic carbocycles. The summed E-state index contributed by atoms with van der Waals surface area (Å²) in [7, 11) is 1.68. The fraction of sp³-hybridized carbons (Fsp3) is 0.462. The molecule has 2 heterocycles. The minimum atomic E-state index is -1.73. The van der Waals surface area contributed by atoms with Crippen LogP contribution in [0.3, 0.4) is 0 Å². The predicted octanol–water partition coefficient (Wildman–Crippen LogP) is 4.40. The van der Waals surface area contributed by atoms with Gasteiger partial charge in [0, 0.05) is 20.3 Å². The molecule has 1 aromatic carbocycles. The Balaban J connectivity index is 0.000000926. The first-order chi connectivity index (χ1) is 16.5. The first-order valence-corrected chi connectivity index (χ1v) is 12.3. The molecule has 0 amide bonds. The number of thiophene rings is 1. The number of hydrogen-bond donors (Lipinski definition) is 1. The second-order valence-corrected chi connectivity index (χ2v) is 9.17. The van der Waals surface area contributed by atoms with Crippen molar-refractivity contribution in [3.8, 4) is 0 Å². The van der Waals surface area contributed by atoms with E-state index >= 15 is 0 Å². The van der Waals surface area contributed by atoms with Gasteiger partial charge in [-0.05, 0) is 52.2 Å². The molecule has 0 spiro atoms. The second kappa shape index (κ2) is 13.2. The van der Waals surface area contributed by atoms with Gasteiger partial charge in [-0.2, -0.15) is 0 Å². The van der Waals surface area contributed by atoms with Crippen LogP contribution in [0, 0.1) is 13.8 Å². The number of carbonyl (C=O) groups excluding carboxylic acids is 1. The lowest BCUT2D eigenvalue weighted by atomic mass is 10.1. The molecule has 3 aromatic rings. The monoisotopic (exact) mass is 504 g/mol. The standard InChI is InChI=1S/C21H22N2O5S.C3H8O.C2H6/c1-12-5-7-14(8-6-12)9-10-22-18-16(13(2)15(11-24)29-18)17(25)23(20(22)28)21(3,4)19(26)27;1-3-4-2;1-2/h5-8,11H,9-10H2,1-4H3,(H,26,27);3H2,1-2H3;1-2H3. The Labute approximate surface area is 209 Å². The van der Waals surface area contributed by atoms with Crippen LogP contribution in [-0.2, 0) is 28.0 Å². The molecule has 35 heavy (non-hydrogen) atoms. The van der Waals surface area contributed by atoms with Gasteiger partial charge in [-0.1, -0.05) is 43.7 Å². The van der Waals surface area contributed by atoms with Crippen LogP contribution >= 0.6 is 11.3 Å². The van der Waals surface area contributed by atoms with E-state index in [1.807, 2.05) is 52.0 Å². The van der Waals surface area contributed by atoms with Gasteiger partial charge in [0.2, 0.25) is 0 Å². The van der Waals surface area contributed by atoms with E-state index in [1.165, 1.54) is 18.4 Å². The quantitative estimate of drug-likeness (QED) is 0.478. The average molecular weight is 505 g/mol. The van der Waals surface area contributed by atoms with E-state index in [4.69, 9.17) is 0 Å². The lowest BCUT2D eigenvalue weighted by molar-refractivity contribution is -0.146. The van der Waals surface area contributed by atoms with E-state index < -0.39 is 22.8 Å². The van der Waals surface area contributed by atoms with Gasteiger partial charge in [-0.25, -0.2) is 14.2 Å². The number of rotatable bonds is 7. The summed E-state index contributed by atoms with van der Waals surface area (Å²) in [4.78, 5) is 50.3. The maximum absolute atomic E-state index is 13.2. The molecule has 9 heteroatoms. The van der Waals surface area contributed by atoms with Gasteiger partial charge in [0.15, 0.2) is 6.29 Å². The van der Waals surface area contributed by atoms with Crippen LogP contribution in [-0.4, -0.2) is 40.2 Å². The molecule has 0 fully saturated rings. The van der Waals surface area contributed by atoms with Crippen LogP contribution in [0.15, 0.2) is 33.9 Å². The number of methoxy groups -OCH3 is 1. The van der Waals surface area contributed by atoms with Crippen molar-refractivity contribution in [3.63, 3.8) is 0 Å².